The molecule has 3 heteroatoms. The summed E-state index contributed by atoms with van der Waals surface area (Å²) in [5.41, 5.74) is 3.24. The zero-order valence-electron chi connectivity index (χ0n) is 12.3. The third-order valence-electron chi connectivity index (χ3n) is 3.11. The van der Waals surface area contributed by atoms with E-state index in [0.29, 0.717) is 12.5 Å². The lowest BCUT2D eigenvalue weighted by Gasteiger charge is -2.16. The second kappa shape index (κ2) is 6.74. The Morgan fingerprint density at radius 3 is 2.56 bits per heavy atom. The normalized spacial score (nSPS) is 11.2. The molecule has 0 aliphatic rings. The van der Waals surface area contributed by atoms with Crippen LogP contribution in [0.5, 0.6) is 0 Å². The van der Waals surface area contributed by atoms with Crippen LogP contribution in [0.2, 0.25) is 0 Å². The Balaban J connectivity index is 3.06. The molecule has 3 nitrogen and oxygen atoms in total. The molecular weight excluding hydrogens is 224 g/mol. The van der Waals surface area contributed by atoms with Gasteiger partial charge in [0.2, 0.25) is 0 Å². The standard InChI is InChI=1S/C15H26N2O/c1-6-7-16-9-14-12(4)8-13(5)17(15(14)18)10-11(2)3/h8,11,16H,6-7,9-10H2,1-5H3. The highest BCUT2D eigenvalue weighted by molar-refractivity contribution is 5.26. The fourth-order valence-electron chi connectivity index (χ4n) is 2.17. The topological polar surface area (TPSA) is 34.0 Å². The quantitative estimate of drug-likeness (QED) is 0.788. The van der Waals surface area contributed by atoms with Crippen LogP contribution in [0, 0.1) is 19.8 Å². The summed E-state index contributed by atoms with van der Waals surface area (Å²) >= 11 is 0. The van der Waals surface area contributed by atoms with Crippen molar-refractivity contribution in [1.82, 2.24) is 9.88 Å². The number of pyridine rings is 1. The summed E-state index contributed by atoms with van der Waals surface area (Å²) in [5, 5.41) is 3.32. The molecule has 1 rings (SSSR count). The third kappa shape index (κ3) is 3.70. The molecular formula is C15H26N2O. The molecule has 1 aromatic rings. The Bertz CT molecular complexity index is 447. The zero-order valence-corrected chi connectivity index (χ0v) is 12.3. The average molecular weight is 250 g/mol. The van der Waals surface area contributed by atoms with Gasteiger partial charge in [0.1, 0.15) is 0 Å². The maximum atomic E-state index is 12.5. The largest absolute Gasteiger partial charge is 0.312 e. The van der Waals surface area contributed by atoms with Gasteiger partial charge in [0.25, 0.3) is 5.56 Å². The van der Waals surface area contributed by atoms with E-state index in [0.717, 1.165) is 36.3 Å². The summed E-state index contributed by atoms with van der Waals surface area (Å²) < 4.78 is 1.90. The predicted octanol–water partition coefficient (Wildman–Crippen LogP) is 2.62. The van der Waals surface area contributed by atoms with Gasteiger partial charge >= 0.3 is 0 Å². The lowest BCUT2D eigenvalue weighted by molar-refractivity contribution is 0.497. The van der Waals surface area contributed by atoms with Crippen LogP contribution in [-0.4, -0.2) is 11.1 Å². The summed E-state index contributed by atoms with van der Waals surface area (Å²) in [5.74, 6) is 0.487. The maximum Gasteiger partial charge on any atom is 0.255 e. The van der Waals surface area contributed by atoms with Gasteiger partial charge in [-0.05, 0) is 44.4 Å². The van der Waals surface area contributed by atoms with Crippen molar-refractivity contribution in [3.05, 3.63) is 33.2 Å². The van der Waals surface area contributed by atoms with Gasteiger partial charge in [-0.25, -0.2) is 0 Å². The van der Waals surface area contributed by atoms with E-state index < -0.39 is 0 Å². The van der Waals surface area contributed by atoms with E-state index in [-0.39, 0.29) is 5.56 Å². The van der Waals surface area contributed by atoms with Crippen molar-refractivity contribution >= 4 is 0 Å². The number of nitrogens with one attached hydrogen (secondary N) is 1. The van der Waals surface area contributed by atoms with E-state index >= 15 is 0 Å². The highest BCUT2D eigenvalue weighted by Gasteiger charge is 2.10. The van der Waals surface area contributed by atoms with Crippen LogP contribution in [0.15, 0.2) is 10.9 Å². The number of aryl methyl sites for hydroxylation is 2. The van der Waals surface area contributed by atoms with Crippen molar-refractivity contribution < 1.29 is 0 Å². The lowest BCUT2D eigenvalue weighted by atomic mass is 10.1. The summed E-state index contributed by atoms with van der Waals surface area (Å²) in [6, 6.07) is 2.12. The number of aromatic nitrogens is 1. The van der Waals surface area contributed by atoms with Crippen molar-refractivity contribution in [3.8, 4) is 0 Å². The number of hydrogen-bond acceptors (Lipinski definition) is 2. The first-order chi connectivity index (χ1) is 8.47. The molecule has 0 aliphatic carbocycles. The van der Waals surface area contributed by atoms with Crippen molar-refractivity contribution in [2.75, 3.05) is 6.54 Å². The van der Waals surface area contributed by atoms with E-state index in [1.807, 2.05) is 18.4 Å². The van der Waals surface area contributed by atoms with E-state index in [4.69, 9.17) is 0 Å². The first-order valence-electron chi connectivity index (χ1n) is 6.88. The molecule has 102 valence electrons. The molecule has 0 amide bonds. The summed E-state index contributed by atoms with van der Waals surface area (Å²) in [6.45, 7) is 12.9. The Morgan fingerprint density at radius 1 is 1.33 bits per heavy atom. The van der Waals surface area contributed by atoms with E-state index in [1.165, 1.54) is 0 Å². The van der Waals surface area contributed by atoms with E-state index in [1.54, 1.807) is 0 Å². The minimum absolute atomic E-state index is 0.171. The monoisotopic (exact) mass is 250 g/mol. The molecule has 0 fully saturated rings. The minimum atomic E-state index is 0.171. The van der Waals surface area contributed by atoms with Crippen LogP contribution in [0.4, 0.5) is 0 Å². The smallest absolute Gasteiger partial charge is 0.255 e. The average Bonchev–Trinajstić information content (AvgIpc) is 2.28. The molecule has 18 heavy (non-hydrogen) atoms. The summed E-state index contributed by atoms with van der Waals surface area (Å²) in [7, 11) is 0. The highest BCUT2D eigenvalue weighted by Crippen LogP contribution is 2.08. The molecule has 0 unspecified atom stereocenters. The number of hydrogen-bond donors (Lipinski definition) is 1. The molecule has 0 bridgehead atoms. The van der Waals surface area contributed by atoms with Crippen molar-refractivity contribution in [1.29, 1.82) is 0 Å². The number of rotatable bonds is 6. The molecule has 0 atom stereocenters. The molecule has 1 N–H and O–H groups in total. The maximum absolute atomic E-state index is 12.5. The third-order valence-corrected chi connectivity index (χ3v) is 3.11. The first-order valence-corrected chi connectivity index (χ1v) is 6.88. The van der Waals surface area contributed by atoms with Crippen LogP contribution in [-0.2, 0) is 13.1 Å². The molecule has 0 radical (unpaired) electrons. The van der Waals surface area contributed by atoms with Crippen LogP contribution in [0.3, 0.4) is 0 Å². The SMILES string of the molecule is CCCNCc1c(C)cc(C)n(CC(C)C)c1=O. The summed E-state index contributed by atoms with van der Waals surface area (Å²) in [6.07, 6.45) is 1.09. The molecule has 0 saturated heterocycles. The fraction of sp³-hybridized carbons (Fsp3) is 0.667. The van der Waals surface area contributed by atoms with E-state index in [2.05, 4.69) is 32.2 Å². The lowest BCUT2D eigenvalue weighted by Crippen LogP contribution is -2.31. The van der Waals surface area contributed by atoms with Gasteiger partial charge in [-0.2, -0.15) is 0 Å². The molecule has 0 saturated carbocycles. The van der Waals surface area contributed by atoms with Gasteiger partial charge in [0, 0.05) is 24.3 Å². The minimum Gasteiger partial charge on any atom is -0.312 e. The van der Waals surface area contributed by atoms with Crippen molar-refractivity contribution in [3.63, 3.8) is 0 Å². The van der Waals surface area contributed by atoms with Crippen LogP contribution in [0.25, 0.3) is 0 Å². The van der Waals surface area contributed by atoms with E-state index in [9.17, 15) is 4.79 Å². The van der Waals surface area contributed by atoms with Gasteiger partial charge in [-0.1, -0.05) is 20.8 Å². The highest BCUT2D eigenvalue weighted by atomic mass is 16.1. The summed E-state index contributed by atoms with van der Waals surface area (Å²) in [4.78, 5) is 12.5. The van der Waals surface area contributed by atoms with Crippen LogP contribution in [0.1, 0.15) is 44.0 Å². The fourth-order valence-corrected chi connectivity index (χ4v) is 2.17. The second-order valence-corrected chi connectivity index (χ2v) is 5.43. The Kier molecular flexibility index (Phi) is 5.60. The Labute approximate surface area is 110 Å². The molecule has 0 spiro atoms. The second-order valence-electron chi connectivity index (χ2n) is 5.43. The van der Waals surface area contributed by atoms with Gasteiger partial charge < -0.3 is 9.88 Å². The van der Waals surface area contributed by atoms with Gasteiger partial charge in [0.15, 0.2) is 0 Å². The van der Waals surface area contributed by atoms with Crippen LogP contribution < -0.4 is 10.9 Å². The molecule has 1 heterocycles. The molecule has 0 aliphatic heterocycles. The van der Waals surface area contributed by atoms with Crippen LogP contribution >= 0.6 is 0 Å². The molecule has 1 aromatic heterocycles. The Morgan fingerprint density at radius 2 is 2.00 bits per heavy atom. The van der Waals surface area contributed by atoms with Gasteiger partial charge in [-0.15, -0.1) is 0 Å². The first kappa shape index (κ1) is 15.0. The Hall–Kier alpha value is -1.09. The van der Waals surface area contributed by atoms with Gasteiger partial charge in [-0.3, -0.25) is 4.79 Å². The zero-order chi connectivity index (χ0) is 13.7. The van der Waals surface area contributed by atoms with Crippen molar-refractivity contribution in [2.24, 2.45) is 5.92 Å². The predicted molar refractivity (Wildman–Crippen MR) is 77.0 cm³/mol. The molecule has 0 aromatic carbocycles. The van der Waals surface area contributed by atoms with Gasteiger partial charge in [0.05, 0.1) is 0 Å². The number of nitrogens with zero attached hydrogens (tertiary/aromatic N) is 1. The van der Waals surface area contributed by atoms with Crippen molar-refractivity contribution in [2.45, 2.75) is 54.1 Å².